The zero-order chi connectivity index (χ0) is 16.8. The summed E-state index contributed by atoms with van der Waals surface area (Å²) < 4.78 is 44.8. The molecule has 1 aromatic carbocycles. The number of ether oxygens (including phenoxy) is 1. The summed E-state index contributed by atoms with van der Waals surface area (Å²) >= 11 is 1.31. The van der Waals surface area contributed by atoms with Crippen LogP contribution in [0.4, 0.5) is 18.3 Å². The summed E-state index contributed by atoms with van der Waals surface area (Å²) in [6.07, 6.45) is -1.42. The number of hydrogen-bond donors (Lipinski definition) is 1. The highest BCUT2D eigenvalue weighted by Crippen LogP contribution is 2.50. The number of nitrogen functional groups attached to an aromatic ring is 1. The second-order valence-electron chi connectivity index (χ2n) is 5.60. The maximum atomic E-state index is 13.0. The molecule has 3 nitrogen and oxygen atoms in total. The lowest BCUT2D eigenvalue weighted by Gasteiger charge is -2.35. The molecule has 2 aromatic rings. The number of anilines is 1. The number of hydrogen-bond acceptors (Lipinski definition) is 4. The van der Waals surface area contributed by atoms with E-state index in [1.807, 2.05) is 6.92 Å². The molecular weight excluding hydrogens is 325 g/mol. The van der Waals surface area contributed by atoms with Gasteiger partial charge in [-0.3, -0.25) is 0 Å². The first-order valence-electron chi connectivity index (χ1n) is 7.03. The van der Waals surface area contributed by atoms with Gasteiger partial charge < -0.3 is 10.5 Å². The summed E-state index contributed by atoms with van der Waals surface area (Å²) in [5.41, 5.74) is 5.45. The number of nitrogens with zero attached hydrogens (tertiary/aromatic N) is 1. The first kappa shape index (κ1) is 15.9. The third-order valence-electron chi connectivity index (χ3n) is 3.85. The Morgan fingerprint density at radius 3 is 2.83 bits per heavy atom. The molecule has 3 rings (SSSR count). The Morgan fingerprint density at radius 2 is 2.17 bits per heavy atom. The highest BCUT2D eigenvalue weighted by atomic mass is 32.1. The summed E-state index contributed by atoms with van der Waals surface area (Å²) in [5.74, 6) is 0.184. The van der Waals surface area contributed by atoms with Crippen molar-refractivity contribution in [2.75, 3.05) is 5.73 Å². The summed E-state index contributed by atoms with van der Waals surface area (Å²) in [6, 6.07) is 3.46. The molecule has 122 valence electrons. The highest BCUT2D eigenvalue weighted by molar-refractivity contribution is 7.16. The van der Waals surface area contributed by atoms with Gasteiger partial charge in [-0.05, 0) is 38.0 Å². The number of nitrogens with two attached hydrogens (primary N) is 1. The predicted octanol–water partition coefficient (Wildman–Crippen LogP) is 4.98. The van der Waals surface area contributed by atoms with Gasteiger partial charge in [-0.15, -0.1) is 6.58 Å². The molecule has 0 radical (unpaired) electrons. The van der Waals surface area contributed by atoms with Gasteiger partial charge in [0.1, 0.15) is 11.4 Å². The maximum Gasteiger partial charge on any atom is 0.416 e. The number of thiazole rings is 1. The van der Waals surface area contributed by atoms with Crippen molar-refractivity contribution < 1.29 is 17.9 Å². The van der Waals surface area contributed by atoms with E-state index in [9.17, 15) is 13.2 Å². The van der Waals surface area contributed by atoms with Crippen LogP contribution in [0.25, 0.3) is 11.3 Å². The Hall–Kier alpha value is -2.02. The molecule has 0 spiro atoms. The number of alkyl halides is 3. The van der Waals surface area contributed by atoms with Gasteiger partial charge in [0.25, 0.3) is 0 Å². The molecule has 0 fully saturated rings. The molecule has 1 unspecified atom stereocenters. The van der Waals surface area contributed by atoms with E-state index in [1.165, 1.54) is 17.4 Å². The van der Waals surface area contributed by atoms with Crippen molar-refractivity contribution in [1.82, 2.24) is 4.98 Å². The van der Waals surface area contributed by atoms with Crippen LogP contribution in [0.3, 0.4) is 0 Å². The minimum absolute atomic E-state index is 0.184. The molecule has 0 saturated heterocycles. The zero-order valence-corrected chi connectivity index (χ0v) is 13.2. The van der Waals surface area contributed by atoms with Crippen molar-refractivity contribution in [3.63, 3.8) is 0 Å². The van der Waals surface area contributed by atoms with Crippen molar-refractivity contribution >= 4 is 16.5 Å². The largest absolute Gasteiger partial charge is 0.481 e. The third kappa shape index (κ3) is 2.69. The molecule has 1 aromatic heterocycles. The fourth-order valence-corrected chi connectivity index (χ4v) is 3.65. The number of benzene rings is 1. The summed E-state index contributed by atoms with van der Waals surface area (Å²) in [4.78, 5) is 5.13. The van der Waals surface area contributed by atoms with E-state index >= 15 is 0 Å². The van der Waals surface area contributed by atoms with Crippen molar-refractivity contribution in [3.05, 3.63) is 41.3 Å². The van der Waals surface area contributed by atoms with Crippen molar-refractivity contribution in [2.45, 2.75) is 31.5 Å². The van der Waals surface area contributed by atoms with E-state index in [0.717, 1.165) is 17.0 Å². The minimum Gasteiger partial charge on any atom is -0.481 e. The molecule has 0 bridgehead atoms. The first-order chi connectivity index (χ1) is 10.7. The van der Waals surface area contributed by atoms with E-state index in [-0.39, 0.29) is 5.75 Å². The number of rotatable bonds is 3. The molecule has 1 aliphatic heterocycles. The molecule has 0 saturated carbocycles. The van der Waals surface area contributed by atoms with E-state index < -0.39 is 17.3 Å². The van der Waals surface area contributed by atoms with Gasteiger partial charge in [0.15, 0.2) is 5.13 Å². The topological polar surface area (TPSA) is 48.1 Å². The third-order valence-corrected chi connectivity index (χ3v) is 4.98. The number of aromatic nitrogens is 1. The van der Waals surface area contributed by atoms with Crippen LogP contribution in [0.15, 0.2) is 30.9 Å². The van der Waals surface area contributed by atoms with Crippen LogP contribution in [0.1, 0.15) is 30.2 Å². The normalized spacial score (nSPS) is 19.7. The molecule has 7 heteroatoms. The van der Waals surface area contributed by atoms with E-state index in [1.54, 1.807) is 6.08 Å². The molecule has 0 aliphatic carbocycles. The van der Waals surface area contributed by atoms with Gasteiger partial charge in [-0.2, -0.15) is 13.2 Å². The SMILES string of the molecule is C=CCCC1(C)Oc2cc(C(F)(F)F)ccc2-c2nc(N)sc21. The van der Waals surface area contributed by atoms with Crippen molar-refractivity contribution in [3.8, 4) is 17.0 Å². The van der Waals surface area contributed by atoms with Crippen molar-refractivity contribution in [2.24, 2.45) is 0 Å². The number of fused-ring (bicyclic) bond motifs is 3. The number of halogens is 3. The fraction of sp³-hybridized carbons (Fsp3) is 0.312. The van der Waals surface area contributed by atoms with Crippen LogP contribution in [0.2, 0.25) is 0 Å². The van der Waals surface area contributed by atoms with E-state index in [0.29, 0.717) is 29.2 Å². The molecule has 1 aliphatic rings. The van der Waals surface area contributed by atoms with E-state index in [4.69, 9.17) is 10.5 Å². The van der Waals surface area contributed by atoms with Crippen molar-refractivity contribution in [1.29, 1.82) is 0 Å². The molecule has 2 heterocycles. The standard InChI is InChI=1S/C16H15F3N2OS/c1-3-4-7-15(2)13-12(21-14(20)23-13)10-6-5-9(16(17,18)19)8-11(10)22-15/h3,5-6,8H,1,4,7H2,2H3,(H2,20,21). The van der Waals surface area contributed by atoms with Crippen LogP contribution in [-0.2, 0) is 11.8 Å². The monoisotopic (exact) mass is 340 g/mol. The summed E-state index contributed by atoms with van der Waals surface area (Å²) in [5, 5.41) is 0.371. The van der Waals surface area contributed by atoms with Gasteiger partial charge >= 0.3 is 6.18 Å². The maximum absolute atomic E-state index is 13.0. The average molecular weight is 340 g/mol. The van der Waals surface area contributed by atoms with Crippen LogP contribution in [0.5, 0.6) is 5.75 Å². The first-order valence-corrected chi connectivity index (χ1v) is 7.84. The Labute approximate surface area is 135 Å². The Balaban J connectivity index is 2.15. The van der Waals surface area contributed by atoms with Gasteiger partial charge in [0.2, 0.25) is 0 Å². The second kappa shape index (κ2) is 5.26. The van der Waals surface area contributed by atoms with Gasteiger partial charge in [0.05, 0.1) is 16.1 Å². The number of allylic oxidation sites excluding steroid dienone is 1. The lowest BCUT2D eigenvalue weighted by molar-refractivity contribution is -0.137. The Bertz CT molecular complexity index is 769. The smallest absolute Gasteiger partial charge is 0.416 e. The predicted molar refractivity (Wildman–Crippen MR) is 84.4 cm³/mol. The Kier molecular flexibility index (Phi) is 3.63. The molecule has 23 heavy (non-hydrogen) atoms. The summed E-state index contributed by atoms with van der Waals surface area (Å²) in [6.45, 7) is 5.53. The van der Waals surface area contributed by atoms with Crippen LogP contribution in [-0.4, -0.2) is 4.98 Å². The van der Waals surface area contributed by atoms with Crippen LogP contribution in [0, 0.1) is 0 Å². The second-order valence-corrected chi connectivity index (χ2v) is 6.63. The van der Waals surface area contributed by atoms with Gasteiger partial charge in [-0.25, -0.2) is 4.98 Å². The Morgan fingerprint density at radius 1 is 1.43 bits per heavy atom. The minimum atomic E-state index is -4.42. The highest BCUT2D eigenvalue weighted by Gasteiger charge is 2.41. The lowest BCUT2D eigenvalue weighted by atomic mass is 9.91. The van der Waals surface area contributed by atoms with E-state index in [2.05, 4.69) is 11.6 Å². The average Bonchev–Trinajstić information content (AvgIpc) is 2.87. The van der Waals surface area contributed by atoms with Crippen LogP contribution >= 0.6 is 11.3 Å². The molecule has 0 amide bonds. The summed E-state index contributed by atoms with van der Waals surface area (Å²) in [7, 11) is 0. The zero-order valence-electron chi connectivity index (χ0n) is 12.4. The van der Waals surface area contributed by atoms with Crippen LogP contribution < -0.4 is 10.5 Å². The fourth-order valence-electron chi connectivity index (χ4n) is 2.69. The van der Waals surface area contributed by atoms with Gasteiger partial charge in [0, 0.05) is 5.56 Å². The molecule has 2 N–H and O–H groups in total. The molecular formula is C16H15F3N2OS. The lowest BCUT2D eigenvalue weighted by Crippen LogP contribution is -2.32. The molecule has 1 atom stereocenters. The van der Waals surface area contributed by atoms with Gasteiger partial charge in [-0.1, -0.05) is 17.4 Å². The quantitative estimate of drug-likeness (QED) is 0.801.